The summed E-state index contributed by atoms with van der Waals surface area (Å²) in [5.74, 6) is 0.163. The monoisotopic (exact) mass is 263 g/mol. The van der Waals surface area contributed by atoms with Crippen LogP contribution < -0.4 is 10.1 Å². The summed E-state index contributed by atoms with van der Waals surface area (Å²) in [7, 11) is 0. The topological polar surface area (TPSA) is 21.3 Å². The van der Waals surface area contributed by atoms with Crippen molar-refractivity contribution in [2.24, 2.45) is 0 Å². The maximum Gasteiger partial charge on any atom is 0.387 e. The highest BCUT2D eigenvalue weighted by molar-refractivity contribution is 5.47. The molecule has 0 aromatic heterocycles. The summed E-state index contributed by atoms with van der Waals surface area (Å²) in [5.41, 5.74) is 3.29. The summed E-state index contributed by atoms with van der Waals surface area (Å²) < 4.78 is 28.3. The van der Waals surface area contributed by atoms with Crippen molar-refractivity contribution in [3.8, 4) is 5.75 Å². The predicted octanol–water partition coefficient (Wildman–Crippen LogP) is 4.21. The molecule has 0 radical (unpaired) electrons. The maximum absolute atomic E-state index is 12.0. The number of halogens is 2. The molecule has 0 saturated carbocycles. The van der Waals surface area contributed by atoms with Crippen molar-refractivity contribution in [2.45, 2.75) is 20.1 Å². The van der Waals surface area contributed by atoms with E-state index in [-0.39, 0.29) is 5.75 Å². The van der Waals surface area contributed by atoms with Crippen molar-refractivity contribution in [1.82, 2.24) is 0 Å². The average molecular weight is 263 g/mol. The Kier molecular flexibility index (Phi) is 4.34. The van der Waals surface area contributed by atoms with Gasteiger partial charge in [0, 0.05) is 12.2 Å². The fourth-order valence-corrected chi connectivity index (χ4v) is 1.76. The Morgan fingerprint density at radius 3 is 2.37 bits per heavy atom. The fraction of sp³-hybridized carbons (Fsp3) is 0.200. The molecule has 0 fully saturated rings. The molecule has 4 heteroatoms. The minimum Gasteiger partial charge on any atom is -0.435 e. The van der Waals surface area contributed by atoms with Gasteiger partial charge in [0.1, 0.15) is 5.75 Å². The zero-order chi connectivity index (χ0) is 13.7. The summed E-state index contributed by atoms with van der Waals surface area (Å²) in [4.78, 5) is 0. The lowest BCUT2D eigenvalue weighted by Gasteiger charge is -2.10. The van der Waals surface area contributed by atoms with Gasteiger partial charge in [-0.15, -0.1) is 0 Å². The number of ether oxygens (including phenoxy) is 1. The molecule has 100 valence electrons. The molecule has 0 aliphatic heterocycles. The van der Waals surface area contributed by atoms with Gasteiger partial charge in [0.25, 0.3) is 0 Å². The number of rotatable bonds is 5. The summed E-state index contributed by atoms with van der Waals surface area (Å²) in [6.07, 6.45) is 0. The summed E-state index contributed by atoms with van der Waals surface area (Å²) in [5, 5.41) is 3.24. The van der Waals surface area contributed by atoms with Gasteiger partial charge in [-0.3, -0.25) is 0 Å². The number of hydrogen-bond donors (Lipinski definition) is 1. The van der Waals surface area contributed by atoms with Crippen LogP contribution >= 0.6 is 0 Å². The molecule has 0 saturated heterocycles. The SMILES string of the molecule is Cc1ccccc1CNc1ccc(OC(F)F)cc1. The molecule has 0 atom stereocenters. The van der Waals surface area contributed by atoms with Crippen LogP contribution in [0.3, 0.4) is 0 Å². The summed E-state index contributed by atoms with van der Waals surface area (Å²) in [6, 6.07) is 14.6. The van der Waals surface area contributed by atoms with Gasteiger partial charge in [-0.05, 0) is 42.3 Å². The van der Waals surface area contributed by atoms with Gasteiger partial charge in [-0.1, -0.05) is 24.3 Å². The van der Waals surface area contributed by atoms with E-state index in [0.717, 1.165) is 5.69 Å². The van der Waals surface area contributed by atoms with E-state index in [1.54, 1.807) is 12.1 Å². The molecule has 0 unspecified atom stereocenters. The molecule has 0 aliphatic carbocycles. The number of hydrogen-bond acceptors (Lipinski definition) is 2. The third kappa shape index (κ3) is 3.95. The largest absolute Gasteiger partial charge is 0.435 e. The van der Waals surface area contributed by atoms with Crippen molar-refractivity contribution in [3.05, 3.63) is 59.7 Å². The predicted molar refractivity (Wildman–Crippen MR) is 71.6 cm³/mol. The van der Waals surface area contributed by atoms with Gasteiger partial charge in [0.2, 0.25) is 0 Å². The van der Waals surface area contributed by atoms with Gasteiger partial charge in [0.05, 0.1) is 0 Å². The molecule has 0 aliphatic rings. The Bertz CT molecular complexity index is 526. The van der Waals surface area contributed by atoms with E-state index in [1.807, 2.05) is 12.1 Å². The smallest absolute Gasteiger partial charge is 0.387 e. The van der Waals surface area contributed by atoms with E-state index in [2.05, 4.69) is 29.1 Å². The van der Waals surface area contributed by atoms with Crippen LogP contribution in [0.15, 0.2) is 48.5 Å². The Hall–Kier alpha value is -2.10. The highest BCUT2D eigenvalue weighted by Crippen LogP contribution is 2.18. The molecule has 0 heterocycles. The highest BCUT2D eigenvalue weighted by atomic mass is 19.3. The molecule has 2 aromatic carbocycles. The number of nitrogens with one attached hydrogen (secondary N) is 1. The van der Waals surface area contributed by atoms with Gasteiger partial charge >= 0.3 is 6.61 Å². The molecule has 2 nitrogen and oxygen atoms in total. The summed E-state index contributed by atoms with van der Waals surface area (Å²) in [6.45, 7) is -0.0380. The third-order valence-corrected chi connectivity index (χ3v) is 2.82. The number of anilines is 1. The molecule has 2 aromatic rings. The molecule has 1 N–H and O–H groups in total. The maximum atomic E-state index is 12.0. The van der Waals surface area contributed by atoms with Gasteiger partial charge in [-0.25, -0.2) is 0 Å². The first-order valence-electron chi connectivity index (χ1n) is 5.98. The highest BCUT2D eigenvalue weighted by Gasteiger charge is 2.03. The first-order valence-corrected chi connectivity index (χ1v) is 5.98. The Labute approximate surface area is 111 Å². The number of benzene rings is 2. The van der Waals surface area contributed by atoms with Crippen LogP contribution in [-0.2, 0) is 6.54 Å². The minimum atomic E-state index is -2.79. The quantitative estimate of drug-likeness (QED) is 0.872. The second-order valence-electron chi connectivity index (χ2n) is 4.18. The zero-order valence-electron chi connectivity index (χ0n) is 10.6. The number of aryl methyl sites for hydroxylation is 1. The molecule has 0 amide bonds. The first-order chi connectivity index (χ1) is 9.15. The van der Waals surface area contributed by atoms with Crippen LogP contribution in [0.1, 0.15) is 11.1 Å². The lowest BCUT2D eigenvalue weighted by molar-refractivity contribution is -0.0498. The Balaban J connectivity index is 1.95. The lowest BCUT2D eigenvalue weighted by Crippen LogP contribution is -2.03. The lowest BCUT2D eigenvalue weighted by atomic mass is 10.1. The van der Waals surface area contributed by atoms with Crippen molar-refractivity contribution >= 4 is 5.69 Å². The van der Waals surface area contributed by atoms with E-state index in [4.69, 9.17) is 0 Å². The first kappa shape index (κ1) is 13.3. The fourth-order valence-electron chi connectivity index (χ4n) is 1.76. The van der Waals surface area contributed by atoms with Crippen LogP contribution in [0.4, 0.5) is 14.5 Å². The van der Waals surface area contributed by atoms with E-state index >= 15 is 0 Å². The van der Waals surface area contributed by atoms with Gasteiger partial charge in [-0.2, -0.15) is 8.78 Å². The van der Waals surface area contributed by atoms with Crippen LogP contribution in [0.2, 0.25) is 0 Å². The third-order valence-electron chi connectivity index (χ3n) is 2.82. The molecule has 2 rings (SSSR count). The van der Waals surface area contributed by atoms with Crippen LogP contribution in [0.25, 0.3) is 0 Å². The Morgan fingerprint density at radius 1 is 1.05 bits per heavy atom. The second kappa shape index (κ2) is 6.18. The van der Waals surface area contributed by atoms with E-state index in [9.17, 15) is 8.78 Å². The number of alkyl halides is 2. The summed E-state index contributed by atoms with van der Waals surface area (Å²) >= 11 is 0. The van der Waals surface area contributed by atoms with Gasteiger partial charge < -0.3 is 10.1 Å². The normalized spacial score (nSPS) is 10.5. The Morgan fingerprint density at radius 2 is 1.74 bits per heavy atom. The van der Waals surface area contributed by atoms with E-state index in [0.29, 0.717) is 6.54 Å². The van der Waals surface area contributed by atoms with Crippen LogP contribution in [0.5, 0.6) is 5.75 Å². The van der Waals surface area contributed by atoms with Crippen molar-refractivity contribution in [1.29, 1.82) is 0 Å². The molecule has 19 heavy (non-hydrogen) atoms. The van der Waals surface area contributed by atoms with Crippen molar-refractivity contribution in [2.75, 3.05) is 5.32 Å². The average Bonchev–Trinajstić information content (AvgIpc) is 2.39. The van der Waals surface area contributed by atoms with Crippen LogP contribution in [-0.4, -0.2) is 6.61 Å². The second-order valence-corrected chi connectivity index (χ2v) is 4.18. The van der Waals surface area contributed by atoms with Crippen molar-refractivity contribution in [3.63, 3.8) is 0 Å². The van der Waals surface area contributed by atoms with E-state index in [1.165, 1.54) is 23.3 Å². The standard InChI is InChI=1S/C15H15F2NO/c1-11-4-2-3-5-12(11)10-18-13-6-8-14(9-7-13)19-15(16)17/h2-9,15,18H,10H2,1H3. The zero-order valence-corrected chi connectivity index (χ0v) is 10.6. The van der Waals surface area contributed by atoms with Crippen LogP contribution in [0, 0.1) is 6.92 Å². The molecular weight excluding hydrogens is 248 g/mol. The van der Waals surface area contributed by atoms with E-state index < -0.39 is 6.61 Å². The van der Waals surface area contributed by atoms with Crippen molar-refractivity contribution < 1.29 is 13.5 Å². The molecule has 0 spiro atoms. The molecule has 0 bridgehead atoms. The van der Waals surface area contributed by atoms with Gasteiger partial charge in [0.15, 0.2) is 0 Å². The minimum absolute atomic E-state index is 0.163. The molecular formula is C15H15F2NO.